The number of aliphatic hydroxyl groups excluding tert-OH is 1. The van der Waals surface area contributed by atoms with E-state index in [1.807, 2.05) is 0 Å². The molecule has 1 rings (SSSR count). The van der Waals surface area contributed by atoms with E-state index >= 15 is 0 Å². The van der Waals surface area contributed by atoms with Crippen molar-refractivity contribution in [1.82, 2.24) is 0 Å². The third-order valence-electron chi connectivity index (χ3n) is 2.17. The number of nitrogens with zero attached hydrogens (tertiary/aromatic N) is 1. The van der Waals surface area contributed by atoms with Crippen LogP contribution in [0.1, 0.15) is 12.5 Å². The normalized spacial score (nSPS) is 15.9. The van der Waals surface area contributed by atoms with Crippen LogP contribution in [-0.2, 0) is 15.3 Å². The number of nitro groups is 1. The van der Waals surface area contributed by atoms with Crippen molar-refractivity contribution >= 4 is 13.5 Å². The molecular weight excluding hydrogens is 334 g/mol. The summed E-state index contributed by atoms with van der Waals surface area (Å²) in [7, 11) is -4.78. The minimum atomic E-state index is -5.05. The maximum absolute atomic E-state index is 12.7. The minimum absolute atomic E-state index is 0.215. The second-order valence-electron chi connectivity index (χ2n) is 4.14. The Labute approximate surface area is 121 Å². The van der Waals surface area contributed by atoms with Crippen LogP contribution in [0.2, 0.25) is 0 Å². The van der Waals surface area contributed by atoms with Gasteiger partial charge in [0.1, 0.15) is 11.3 Å². The summed E-state index contributed by atoms with van der Waals surface area (Å²) in [6.07, 6.45) is -6.16. The zero-order chi connectivity index (χ0) is 17.1. The zero-order valence-electron chi connectivity index (χ0n) is 11.0. The van der Waals surface area contributed by atoms with Gasteiger partial charge in [-0.1, -0.05) is 0 Å². The van der Waals surface area contributed by atoms with Crippen molar-refractivity contribution < 1.29 is 41.7 Å². The van der Waals surface area contributed by atoms with Crippen LogP contribution in [-0.4, -0.2) is 27.6 Å². The minimum Gasteiger partial charge on any atom is -0.404 e. The fourth-order valence-electron chi connectivity index (χ4n) is 1.32. The van der Waals surface area contributed by atoms with Crippen molar-refractivity contribution in [1.29, 1.82) is 0 Å². The van der Waals surface area contributed by atoms with Gasteiger partial charge < -0.3 is 9.63 Å². The molecule has 0 radical (unpaired) electrons. The SMILES string of the molecule is C[C@@H](O)COP(=O)(O)Oc1ccc([N+](=O)[O-])c(C(F)(F)F)c1. The highest BCUT2D eigenvalue weighted by Crippen LogP contribution is 2.46. The van der Waals surface area contributed by atoms with E-state index in [0.717, 1.165) is 6.07 Å². The van der Waals surface area contributed by atoms with Crippen LogP contribution in [0.3, 0.4) is 0 Å². The second kappa shape index (κ2) is 6.61. The zero-order valence-corrected chi connectivity index (χ0v) is 11.9. The van der Waals surface area contributed by atoms with Gasteiger partial charge in [0.2, 0.25) is 0 Å². The summed E-state index contributed by atoms with van der Waals surface area (Å²) in [4.78, 5) is 18.6. The first-order valence-corrected chi connectivity index (χ1v) is 7.12. The smallest absolute Gasteiger partial charge is 0.404 e. The fraction of sp³-hybridized carbons (Fsp3) is 0.400. The van der Waals surface area contributed by atoms with E-state index in [2.05, 4.69) is 9.05 Å². The maximum atomic E-state index is 12.7. The quantitative estimate of drug-likeness (QED) is 0.462. The van der Waals surface area contributed by atoms with Crippen molar-refractivity contribution in [3.63, 3.8) is 0 Å². The Morgan fingerprint density at radius 3 is 2.50 bits per heavy atom. The van der Waals surface area contributed by atoms with Gasteiger partial charge in [-0.15, -0.1) is 0 Å². The molecule has 0 aliphatic heterocycles. The van der Waals surface area contributed by atoms with Gasteiger partial charge >= 0.3 is 14.0 Å². The van der Waals surface area contributed by atoms with Crippen molar-refractivity contribution in [2.75, 3.05) is 6.61 Å². The number of alkyl halides is 3. The highest BCUT2D eigenvalue weighted by molar-refractivity contribution is 7.47. The van der Waals surface area contributed by atoms with Gasteiger partial charge in [0.05, 0.1) is 17.6 Å². The third kappa shape index (κ3) is 5.26. The molecule has 8 nitrogen and oxygen atoms in total. The lowest BCUT2D eigenvalue weighted by Crippen LogP contribution is -2.11. The molecule has 1 unspecified atom stereocenters. The Balaban J connectivity index is 3.07. The molecule has 0 saturated heterocycles. The van der Waals surface area contributed by atoms with Gasteiger partial charge in [-0.25, -0.2) is 4.57 Å². The molecule has 0 fully saturated rings. The predicted molar refractivity (Wildman–Crippen MR) is 66.2 cm³/mol. The average Bonchev–Trinajstić information content (AvgIpc) is 2.34. The van der Waals surface area contributed by atoms with Crippen molar-refractivity contribution in [2.45, 2.75) is 19.2 Å². The number of nitro benzene ring substituents is 1. The van der Waals surface area contributed by atoms with E-state index in [9.17, 15) is 32.7 Å². The van der Waals surface area contributed by atoms with Gasteiger partial charge in [0, 0.05) is 6.07 Å². The van der Waals surface area contributed by atoms with Crippen LogP contribution in [0.5, 0.6) is 5.75 Å². The molecular formula is C10H11F3NO7P. The summed E-state index contributed by atoms with van der Waals surface area (Å²) in [5.74, 6) is -0.741. The van der Waals surface area contributed by atoms with Crippen LogP contribution in [0.15, 0.2) is 18.2 Å². The molecule has 22 heavy (non-hydrogen) atoms. The number of rotatable bonds is 6. The van der Waals surface area contributed by atoms with E-state index < -0.39 is 48.6 Å². The molecule has 2 atom stereocenters. The Hall–Kier alpha value is -1.68. The standard InChI is InChI=1S/C10H11F3NO7P/c1-6(15)5-20-22(18,19)21-7-2-3-9(14(16)17)8(4-7)10(11,12)13/h2-4,6,15H,5H2,1H3,(H,18,19)/t6-/m1/s1. The lowest BCUT2D eigenvalue weighted by molar-refractivity contribution is -0.388. The Morgan fingerprint density at radius 2 is 2.05 bits per heavy atom. The summed E-state index contributed by atoms with van der Waals surface area (Å²) in [6, 6.07) is 1.43. The second-order valence-corrected chi connectivity index (χ2v) is 5.52. The number of hydrogen-bond donors (Lipinski definition) is 2. The molecule has 0 saturated carbocycles. The van der Waals surface area contributed by atoms with Gasteiger partial charge in [-0.2, -0.15) is 13.2 Å². The van der Waals surface area contributed by atoms with Crippen LogP contribution in [0, 0.1) is 10.1 Å². The van der Waals surface area contributed by atoms with Crippen molar-refractivity contribution in [3.8, 4) is 5.75 Å². The number of phosphoric ester groups is 1. The summed E-state index contributed by atoms with van der Waals surface area (Å²) >= 11 is 0. The van der Waals surface area contributed by atoms with Crippen LogP contribution >= 0.6 is 7.82 Å². The first-order chi connectivity index (χ1) is 9.92. The van der Waals surface area contributed by atoms with Gasteiger partial charge in [0.25, 0.3) is 5.69 Å². The average molecular weight is 345 g/mol. The Bertz CT molecular complexity index is 605. The summed E-state index contributed by atoms with van der Waals surface area (Å²) < 4.78 is 58.3. The lowest BCUT2D eigenvalue weighted by atomic mass is 10.1. The number of benzene rings is 1. The Morgan fingerprint density at radius 1 is 1.45 bits per heavy atom. The van der Waals surface area contributed by atoms with Crippen molar-refractivity contribution in [2.24, 2.45) is 0 Å². The van der Waals surface area contributed by atoms with Gasteiger partial charge in [0.15, 0.2) is 0 Å². The monoisotopic (exact) mass is 345 g/mol. The topological polar surface area (TPSA) is 119 Å². The van der Waals surface area contributed by atoms with E-state index in [1.54, 1.807) is 0 Å². The molecule has 2 N–H and O–H groups in total. The molecule has 0 heterocycles. The van der Waals surface area contributed by atoms with Crippen LogP contribution in [0.25, 0.3) is 0 Å². The number of halogens is 3. The molecule has 124 valence electrons. The number of hydrogen-bond acceptors (Lipinski definition) is 6. The van der Waals surface area contributed by atoms with E-state index in [0.29, 0.717) is 6.07 Å². The van der Waals surface area contributed by atoms with Crippen LogP contribution in [0.4, 0.5) is 18.9 Å². The van der Waals surface area contributed by atoms with Gasteiger partial charge in [-0.05, 0) is 19.1 Å². The largest absolute Gasteiger partial charge is 0.527 e. The fourth-order valence-corrected chi connectivity index (χ4v) is 2.16. The van der Waals surface area contributed by atoms with E-state index in [4.69, 9.17) is 5.11 Å². The molecule has 0 amide bonds. The van der Waals surface area contributed by atoms with E-state index in [1.165, 1.54) is 6.92 Å². The molecule has 0 spiro atoms. The highest BCUT2D eigenvalue weighted by atomic mass is 31.2. The molecule has 12 heteroatoms. The molecule has 0 aliphatic carbocycles. The molecule has 0 aliphatic rings. The third-order valence-corrected chi connectivity index (χ3v) is 3.09. The molecule has 1 aromatic rings. The first kappa shape index (κ1) is 18.4. The Kier molecular flexibility index (Phi) is 5.52. The molecule has 0 aromatic heterocycles. The van der Waals surface area contributed by atoms with E-state index in [-0.39, 0.29) is 6.07 Å². The van der Waals surface area contributed by atoms with Crippen LogP contribution < -0.4 is 4.52 Å². The summed E-state index contributed by atoms with van der Waals surface area (Å²) in [5.41, 5.74) is -2.86. The predicted octanol–water partition coefficient (Wildman–Crippen LogP) is 2.49. The summed E-state index contributed by atoms with van der Waals surface area (Å²) in [6.45, 7) is 0.653. The molecule has 0 bridgehead atoms. The molecule has 1 aromatic carbocycles. The summed E-state index contributed by atoms with van der Waals surface area (Å²) in [5, 5.41) is 19.4. The van der Waals surface area contributed by atoms with Crippen molar-refractivity contribution in [3.05, 3.63) is 33.9 Å². The number of aliphatic hydroxyl groups is 1. The highest BCUT2D eigenvalue weighted by Gasteiger charge is 2.39. The first-order valence-electron chi connectivity index (χ1n) is 5.63. The lowest BCUT2D eigenvalue weighted by Gasteiger charge is -2.15. The van der Waals surface area contributed by atoms with Gasteiger partial charge in [-0.3, -0.25) is 19.5 Å². The maximum Gasteiger partial charge on any atom is 0.527 e. The number of phosphoric acid groups is 1.